The predicted octanol–water partition coefficient (Wildman–Crippen LogP) is 3.79. The Morgan fingerprint density at radius 3 is 2.68 bits per heavy atom. The van der Waals surface area contributed by atoms with E-state index in [1.165, 1.54) is 18.4 Å². The highest BCUT2D eigenvalue weighted by Crippen LogP contribution is 2.28. The van der Waals surface area contributed by atoms with Gasteiger partial charge in [-0.15, -0.1) is 0 Å². The molecular formula is C18H28O4. The fourth-order valence-electron chi connectivity index (χ4n) is 2.72. The minimum absolute atomic E-state index is 0.141. The number of unbranched alkanes of at least 4 members (excludes halogenated alkanes) is 3. The van der Waals surface area contributed by atoms with Crippen LogP contribution < -0.4 is 0 Å². The van der Waals surface area contributed by atoms with Crippen LogP contribution in [0.25, 0.3) is 0 Å². The number of rotatable bonds is 11. The van der Waals surface area contributed by atoms with Crippen LogP contribution in [-0.4, -0.2) is 28.1 Å². The van der Waals surface area contributed by atoms with Crippen molar-refractivity contribution < 1.29 is 19.8 Å². The summed E-state index contributed by atoms with van der Waals surface area (Å²) in [6.45, 7) is 2.16. The van der Waals surface area contributed by atoms with Gasteiger partial charge in [-0.3, -0.25) is 9.59 Å². The van der Waals surface area contributed by atoms with Gasteiger partial charge in [0.05, 0.1) is 6.10 Å². The van der Waals surface area contributed by atoms with E-state index in [1.807, 2.05) is 0 Å². The monoisotopic (exact) mass is 308 g/mol. The summed E-state index contributed by atoms with van der Waals surface area (Å²) in [6, 6.07) is 0. The Bertz CT molecular complexity index is 434. The molecule has 0 saturated heterocycles. The van der Waals surface area contributed by atoms with Crippen molar-refractivity contribution >= 4 is 11.8 Å². The molecule has 0 aliphatic heterocycles. The van der Waals surface area contributed by atoms with Crippen molar-refractivity contribution in [2.45, 2.75) is 77.2 Å². The lowest BCUT2D eigenvalue weighted by Gasteiger charge is -2.06. The largest absolute Gasteiger partial charge is 0.481 e. The molecule has 0 fully saturated rings. The number of aliphatic hydroxyl groups excluding tert-OH is 1. The van der Waals surface area contributed by atoms with E-state index in [0.29, 0.717) is 25.7 Å². The van der Waals surface area contributed by atoms with E-state index in [0.717, 1.165) is 24.8 Å². The molecule has 0 saturated carbocycles. The fourth-order valence-corrected chi connectivity index (χ4v) is 2.72. The average Bonchev–Trinajstić information content (AvgIpc) is 2.82. The van der Waals surface area contributed by atoms with Crippen LogP contribution in [-0.2, 0) is 9.59 Å². The summed E-state index contributed by atoms with van der Waals surface area (Å²) in [7, 11) is 0. The molecule has 1 atom stereocenters. The SMILES string of the molecule is CCCCCC1=C(/C=C/[C@@H](O)CCCCC(=O)O)C(=O)CC1. The van der Waals surface area contributed by atoms with Crippen LogP contribution in [0.3, 0.4) is 0 Å². The molecule has 2 N–H and O–H groups in total. The molecular weight excluding hydrogens is 280 g/mol. The Labute approximate surface area is 132 Å². The molecule has 0 unspecified atom stereocenters. The molecule has 0 spiro atoms. The molecule has 0 bridgehead atoms. The summed E-state index contributed by atoms with van der Waals surface area (Å²) in [6.07, 6.45) is 10.7. The second-order valence-corrected chi connectivity index (χ2v) is 5.96. The Balaban J connectivity index is 2.44. The fraction of sp³-hybridized carbons (Fsp3) is 0.667. The number of ketones is 1. The third kappa shape index (κ3) is 7.03. The zero-order chi connectivity index (χ0) is 16.4. The third-order valence-electron chi connectivity index (χ3n) is 4.04. The third-order valence-corrected chi connectivity index (χ3v) is 4.04. The van der Waals surface area contributed by atoms with Gasteiger partial charge in [0.1, 0.15) is 0 Å². The van der Waals surface area contributed by atoms with Crippen LogP contribution in [0.1, 0.15) is 71.1 Å². The standard InChI is InChI=1S/C18H28O4/c1-2-3-4-7-14-10-13-17(20)16(14)12-11-15(19)8-5-6-9-18(21)22/h11-12,15,19H,2-10,13H2,1H3,(H,21,22)/b12-11+/t15-/m0/s1. The Morgan fingerprint density at radius 2 is 2.00 bits per heavy atom. The maximum absolute atomic E-state index is 11.9. The number of carboxylic acid groups (broad SMARTS) is 1. The van der Waals surface area contributed by atoms with Crippen LogP contribution in [0.5, 0.6) is 0 Å². The van der Waals surface area contributed by atoms with E-state index in [1.54, 1.807) is 12.2 Å². The molecule has 22 heavy (non-hydrogen) atoms. The van der Waals surface area contributed by atoms with Gasteiger partial charge in [0.25, 0.3) is 0 Å². The number of carbonyl (C=O) groups is 2. The molecule has 0 amide bonds. The number of aliphatic hydroxyl groups is 1. The maximum atomic E-state index is 11.9. The maximum Gasteiger partial charge on any atom is 0.303 e. The summed E-state index contributed by atoms with van der Waals surface area (Å²) in [5.74, 6) is -0.621. The average molecular weight is 308 g/mol. The van der Waals surface area contributed by atoms with Crippen LogP contribution in [0.4, 0.5) is 0 Å². The van der Waals surface area contributed by atoms with Gasteiger partial charge in [-0.05, 0) is 38.5 Å². The van der Waals surface area contributed by atoms with Crippen molar-refractivity contribution in [3.8, 4) is 0 Å². The first kappa shape index (κ1) is 18.6. The summed E-state index contributed by atoms with van der Waals surface area (Å²) < 4.78 is 0. The molecule has 0 heterocycles. The van der Waals surface area contributed by atoms with Crippen molar-refractivity contribution in [2.24, 2.45) is 0 Å². The zero-order valence-electron chi connectivity index (χ0n) is 13.5. The van der Waals surface area contributed by atoms with Crippen molar-refractivity contribution in [3.63, 3.8) is 0 Å². The molecule has 0 radical (unpaired) electrons. The predicted molar refractivity (Wildman–Crippen MR) is 86.7 cm³/mol. The van der Waals surface area contributed by atoms with E-state index in [9.17, 15) is 14.7 Å². The van der Waals surface area contributed by atoms with Gasteiger partial charge in [0.2, 0.25) is 0 Å². The van der Waals surface area contributed by atoms with Crippen molar-refractivity contribution in [1.29, 1.82) is 0 Å². The normalized spacial score (nSPS) is 16.7. The lowest BCUT2D eigenvalue weighted by atomic mass is 10.0. The van der Waals surface area contributed by atoms with Gasteiger partial charge >= 0.3 is 5.97 Å². The van der Waals surface area contributed by atoms with E-state index < -0.39 is 12.1 Å². The molecule has 4 nitrogen and oxygen atoms in total. The van der Waals surface area contributed by atoms with Gasteiger partial charge in [0, 0.05) is 18.4 Å². The molecule has 1 aliphatic rings. The lowest BCUT2D eigenvalue weighted by Crippen LogP contribution is -2.04. The Morgan fingerprint density at radius 1 is 1.23 bits per heavy atom. The molecule has 0 aromatic heterocycles. The lowest BCUT2D eigenvalue weighted by molar-refractivity contribution is -0.137. The molecule has 1 aliphatic carbocycles. The van der Waals surface area contributed by atoms with E-state index in [-0.39, 0.29) is 12.2 Å². The van der Waals surface area contributed by atoms with Gasteiger partial charge in [-0.2, -0.15) is 0 Å². The summed E-state index contributed by atoms with van der Waals surface area (Å²) in [4.78, 5) is 22.3. The second-order valence-electron chi connectivity index (χ2n) is 5.96. The van der Waals surface area contributed by atoms with Gasteiger partial charge < -0.3 is 10.2 Å². The minimum atomic E-state index is -0.802. The number of allylic oxidation sites excluding steroid dienone is 3. The van der Waals surface area contributed by atoms with Crippen LogP contribution in [0.15, 0.2) is 23.3 Å². The topological polar surface area (TPSA) is 74.6 Å². The highest BCUT2D eigenvalue weighted by Gasteiger charge is 2.20. The number of carbonyl (C=O) groups excluding carboxylic acids is 1. The smallest absolute Gasteiger partial charge is 0.303 e. The minimum Gasteiger partial charge on any atom is -0.481 e. The number of hydrogen-bond donors (Lipinski definition) is 2. The number of aliphatic carboxylic acids is 1. The number of hydrogen-bond acceptors (Lipinski definition) is 3. The summed E-state index contributed by atoms with van der Waals surface area (Å²) in [5.41, 5.74) is 2.02. The van der Waals surface area contributed by atoms with Gasteiger partial charge in [-0.25, -0.2) is 0 Å². The van der Waals surface area contributed by atoms with Gasteiger partial charge in [0.15, 0.2) is 5.78 Å². The first-order valence-corrected chi connectivity index (χ1v) is 8.37. The van der Waals surface area contributed by atoms with E-state index in [2.05, 4.69) is 6.92 Å². The number of carboxylic acids is 1. The van der Waals surface area contributed by atoms with Crippen molar-refractivity contribution in [1.82, 2.24) is 0 Å². The quantitative estimate of drug-likeness (QED) is 0.569. The zero-order valence-corrected chi connectivity index (χ0v) is 13.5. The summed E-state index contributed by atoms with van der Waals surface area (Å²) in [5, 5.41) is 18.4. The van der Waals surface area contributed by atoms with Crippen LogP contribution in [0, 0.1) is 0 Å². The molecule has 1 rings (SSSR count). The second kappa shape index (κ2) is 10.3. The van der Waals surface area contributed by atoms with Gasteiger partial charge in [-0.1, -0.05) is 37.5 Å². The van der Waals surface area contributed by atoms with Crippen molar-refractivity contribution in [3.05, 3.63) is 23.3 Å². The molecule has 0 aromatic carbocycles. The molecule has 0 aromatic rings. The Hall–Kier alpha value is -1.42. The molecule has 4 heteroatoms. The van der Waals surface area contributed by atoms with E-state index >= 15 is 0 Å². The molecule has 124 valence electrons. The Kier molecular flexibility index (Phi) is 8.75. The first-order chi connectivity index (χ1) is 10.5. The highest BCUT2D eigenvalue weighted by molar-refractivity contribution is 6.01. The number of Topliss-reactive ketones (excluding diaryl/α,β-unsaturated/α-hetero) is 1. The van der Waals surface area contributed by atoms with E-state index in [4.69, 9.17) is 5.11 Å². The first-order valence-electron chi connectivity index (χ1n) is 8.37. The van der Waals surface area contributed by atoms with Crippen LogP contribution >= 0.6 is 0 Å². The summed E-state index contributed by atoms with van der Waals surface area (Å²) >= 11 is 0. The van der Waals surface area contributed by atoms with Crippen LogP contribution in [0.2, 0.25) is 0 Å². The van der Waals surface area contributed by atoms with Crippen molar-refractivity contribution in [2.75, 3.05) is 0 Å². The highest BCUT2D eigenvalue weighted by atomic mass is 16.4.